The Balaban J connectivity index is 1.52. The van der Waals surface area contributed by atoms with Crippen molar-refractivity contribution < 1.29 is 19.1 Å². The molecule has 118 valence electrons. The number of ether oxygens (including phenoxy) is 2. The number of carbonyl (C=O) groups excluding carboxylic acids is 2. The van der Waals surface area contributed by atoms with Gasteiger partial charge in [-0.3, -0.25) is 4.79 Å². The first-order valence-corrected chi connectivity index (χ1v) is 8.12. The van der Waals surface area contributed by atoms with E-state index in [0.29, 0.717) is 17.0 Å². The van der Waals surface area contributed by atoms with E-state index in [-0.39, 0.29) is 19.1 Å². The van der Waals surface area contributed by atoms with Gasteiger partial charge in [0.25, 0.3) is 0 Å². The number of carbonyl (C=O) groups is 2. The van der Waals surface area contributed by atoms with Gasteiger partial charge in [-0.2, -0.15) is 0 Å². The molecule has 0 fully saturated rings. The van der Waals surface area contributed by atoms with Crippen LogP contribution < -0.4 is 10.1 Å². The van der Waals surface area contributed by atoms with E-state index in [0.717, 1.165) is 10.6 Å². The second kappa shape index (κ2) is 7.19. The molecule has 0 bridgehead atoms. The van der Waals surface area contributed by atoms with Gasteiger partial charge in [0.05, 0.1) is 17.0 Å². The lowest BCUT2D eigenvalue weighted by molar-refractivity contribution is -0.113. The number of nitrogens with one attached hydrogen (secondary N) is 1. The second-order valence-corrected chi connectivity index (χ2v) is 5.86. The maximum atomic E-state index is 12.0. The molecule has 23 heavy (non-hydrogen) atoms. The van der Waals surface area contributed by atoms with Gasteiger partial charge in [0.1, 0.15) is 19.0 Å². The summed E-state index contributed by atoms with van der Waals surface area (Å²) in [6, 6.07) is 14.5. The summed E-state index contributed by atoms with van der Waals surface area (Å²) in [7, 11) is 0. The maximum Gasteiger partial charge on any atom is 0.338 e. The number of thioether (sulfide) groups is 1. The van der Waals surface area contributed by atoms with Gasteiger partial charge >= 0.3 is 5.97 Å². The van der Waals surface area contributed by atoms with Crippen LogP contribution in [0.3, 0.4) is 0 Å². The average Bonchev–Trinajstić information content (AvgIpc) is 2.58. The highest BCUT2D eigenvalue weighted by Crippen LogP contribution is 2.32. The van der Waals surface area contributed by atoms with Crippen LogP contribution in [-0.4, -0.2) is 30.8 Å². The number of fused-ring (bicyclic) bond motifs is 1. The first-order chi connectivity index (χ1) is 11.2. The maximum absolute atomic E-state index is 12.0. The molecule has 3 rings (SSSR count). The molecule has 5 nitrogen and oxygen atoms in total. The molecule has 1 N–H and O–H groups in total. The number of benzene rings is 2. The number of rotatable bonds is 5. The molecule has 1 amide bonds. The summed E-state index contributed by atoms with van der Waals surface area (Å²) in [5.41, 5.74) is 1.06. The summed E-state index contributed by atoms with van der Waals surface area (Å²) >= 11 is 1.45. The fraction of sp³-hybridized carbons (Fsp3) is 0.176. The number of para-hydroxylation sites is 1. The minimum Gasteiger partial charge on any atom is -0.490 e. The zero-order valence-corrected chi connectivity index (χ0v) is 13.1. The third-order valence-electron chi connectivity index (χ3n) is 3.18. The number of hydrogen-bond acceptors (Lipinski definition) is 5. The van der Waals surface area contributed by atoms with E-state index in [1.807, 2.05) is 36.4 Å². The smallest absolute Gasteiger partial charge is 0.338 e. The summed E-state index contributed by atoms with van der Waals surface area (Å²) < 4.78 is 10.6. The number of hydrogen-bond donors (Lipinski definition) is 1. The normalized spacial score (nSPS) is 13.0. The highest BCUT2D eigenvalue weighted by atomic mass is 32.2. The standard InChI is InChI=1S/C17H15NO4S/c19-16-11-23-15-7-6-12(10-14(15)18-16)17(20)22-9-8-21-13-4-2-1-3-5-13/h1-7,10H,8-9,11H2,(H,18,19). The molecular weight excluding hydrogens is 314 g/mol. The molecule has 6 heteroatoms. The van der Waals surface area contributed by atoms with Crippen molar-refractivity contribution in [2.45, 2.75) is 4.90 Å². The van der Waals surface area contributed by atoms with E-state index in [4.69, 9.17) is 9.47 Å². The number of esters is 1. The molecule has 0 aromatic heterocycles. The van der Waals surface area contributed by atoms with Crippen LogP contribution in [-0.2, 0) is 9.53 Å². The van der Waals surface area contributed by atoms with E-state index in [9.17, 15) is 9.59 Å². The molecule has 2 aromatic carbocycles. The Labute approximate surface area is 138 Å². The first kappa shape index (κ1) is 15.4. The molecule has 0 atom stereocenters. The Morgan fingerprint density at radius 2 is 1.96 bits per heavy atom. The van der Waals surface area contributed by atoms with Gasteiger partial charge in [0.15, 0.2) is 0 Å². The molecule has 1 aliphatic heterocycles. The highest BCUT2D eigenvalue weighted by molar-refractivity contribution is 8.00. The molecule has 2 aromatic rings. The third-order valence-corrected chi connectivity index (χ3v) is 4.25. The fourth-order valence-electron chi connectivity index (χ4n) is 2.10. The van der Waals surface area contributed by atoms with Crippen molar-refractivity contribution in [2.75, 3.05) is 24.3 Å². The van der Waals surface area contributed by atoms with Crippen LogP contribution in [0.1, 0.15) is 10.4 Å². The van der Waals surface area contributed by atoms with Gasteiger partial charge in [-0.1, -0.05) is 18.2 Å². The zero-order chi connectivity index (χ0) is 16.1. The Bertz CT molecular complexity index is 718. The van der Waals surface area contributed by atoms with Crippen LogP contribution in [0, 0.1) is 0 Å². The minimum absolute atomic E-state index is 0.0655. The quantitative estimate of drug-likeness (QED) is 0.675. The number of anilines is 1. The molecule has 0 unspecified atom stereocenters. The van der Waals surface area contributed by atoms with E-state index in [1.165, 1.54) is 11.8 Å². The Morgan fingerprint density at radius 1 is 1.13 bits per heavy atom. The van der Waals surface area contributed by atoms with E-state index >= 15 is 0 Å². The minimum atomic E-state index is -0.436. The van der Waals surface area contributed by atoms with Crippen molar-refractivity contribution in [1.82, 2.24) is 0 Å². The monoisotopic (exact) mass is 329 g/mol. The summed E-state index contributed by atoms with van der Waals surface area (Å²) in [6.45, 7) is 0.444. The molecule has 0 radical (unpaired) electrons. The summed E-state index contributed by atoms with van der Waals surface area (Å²) in [4.78, 5) is 24.4. The molecule has 0 saturated carbocycles. The molecule has 0 aliphatic carbocycles. The zero-order valence-electron chi connectivity index (χ0n) is 12.3. The lowest BCUT2D eigenvalue weighted by atomic mass is 10.2. The van der Waals surface area contributed by atoms with Gasteiger partial charge in [-0.25, -0.2) is 4.79 Å². The molecule has 0 spiro atoms. The van der Waals surface area contributed by atoms with E-state index in [2.05, 4.69) is 5.32 Å². The summed E-state index contributed by atoms with van der Waals surface area (Å²) in [5.74, 6) is 0.629. The third kappa shape index (κ3) is 4.04. The van der Waals surface area contributed by atoms with Crippen LogP contribution in [0.5, 0.6) is 5.75 Å². The van der Waals surface area contributed by atoms with E-state index in [1.54, 1.807) is 12.1 Å². The molecule has 0 saturated heterocycles. The number of amides is 1. The highest BCUT2D eigenvalue weighted by Gasteiger charge is 2.17. The van der Waals surface area contributed by atoms with E-state index < -0.39 is 5.97 Å². The predicted molar refractivity (Wildman–Crippen MR) is 88.0 cm³/mol. The largest absolute Gasteiger partial charge is 0.490 e. The van der Waals surface area contributed by atoms with Crippen molar-refractivity contribution in [1.29, 1.82) is 0 Å². The van der Waals surface area contributed by atoms with Gasteiger partial charge in [0, 0.05) is 4.90 Å². The van der Waals surface area contributed by atoms with Crippen LogP contribution in [0.4, 0.5) is 5.69 Å². The van der Waals surface area contributed by atoms with Crippen LogP contribution >= 0.6 is 11.8 Å². The molecule has 1 aliphatic rings. The molecular formula is C17H15NO4S. The second-order valence-electron chi connectivity index (χ2n) is 4.85. The average molecular weight is 329 g/mol. The fourth-order valence-corrected chi connectivity index (χ4v) is 2.89. The van der Waals surface area contributed by atoms with Gasteiger partial charge in [0.2, 0.25) is 5.91 Å². The predicted octanol–water partition coefficient (Wildman–Crippen LogP) is 2.97. The Kier molecular flexibility index (Phi) is 4.83. The molecule has 1 heterocycles. The van der Waals surface area contributed by atoms with Gasteiger partial charge in [-0.05, 0) is 30.3 Å². The van der Waals surface area contributed by atoms with Crippen LogP contribution in [0.25, 0.3) is 0 Å². The first-order valence-electron chi connectivity index (χ1n) is 7.14. The van der Waals surface area contributed by atoms with Crippen molar-refractivity contribution in [3.05, 3.63) is 54.1 Å². The van der Waals surface area contributed by atoms with Crippen molar-refractivity contribution in [3.63, 3.8) is 0 Å². The van der Waals surface area contributed by atoms with Crippen LogP contribution in [0.15, 0.2) is 53.4 Å². The SMILES string of the molecule is O=C1CSc2ccc(C(=O)OCCOc3ccccc3)cc2N1. The van der Waals surface area contributed by atoms with Crippen molar-refractivity contribution >= 4 is 29.3 Å². The van der Waals surface area contributed by atoms with Crippen LogP contribution in [0.2, 0.25) is 0 Å². The summed E-state index contributed by atoms with van der Waals surface area (Å²) in [6.07, 6.45) is 0. The van der Waals surface area contributed by atoms with Gasteiger partial charge in [-0.15, -0.1) is 11.8 Å². The topological polar surface area (TPSA) is 64.6 Å². The summed E-state index contributed by atoms with van der Waals surface area (Å²) in [5, 5.41) is 2.75. The lowest BCUT2D eigenvalue weighted by Gasteiger charge is -2.16. The van der Waals surface area contributed by atoms with Crippen molar-refractivity contribution in [3.8, 4) is 5.75 Å². The lowest BCUT2D eigenvalue weighted by Crippen LogP contribution is -2.19. The Hall–Kier alpha value is -2.47. The van der Waals surface area contributed by atoms with Gasteiger partial charge < -0.3 is 14.8 Å². The van der Waals surface area contributed by atoms with Crippen molar-refractivity contribution in [2.24, 2.45) is 0 Å². The Morgan fingerprint density at radius 3 is 2.78 bits per heavy atom.